The van der Waals surface area contributed by atoms with Crippen molar-refractivity contribution in [2.45, 2.75) is 45.4 Å². The molecule has 1 aromatic rings. The van der Waals surface area contributed by atoms with E-state index in [1.165, 1.54) is 56.4 Å². The van der Waals surface area contributed by atoms with E-state index in [2.05, 4.69) is 43.0 Å². The van der Waals surface area contributed by atoms with Gasteiger partial charge in [-0.25, -0.2) is 0 Å². The number of likely N-dealkylation sites (tertiary alicyclic amines) is 1. The summed E-state index contributed by atoms with van der Waals surface area (Å²) in [5.41, 5.74) is 2.99. The predicted molar refractivity (Wildman–Crippen MR) is 74.5 cm³/mol. The minimum absolute atomic E-state index is 0.647. The van der Waals surface area contributed by atoms with Gasteiger partial charge in [-0.3, -0.25) is 0 Å². The van der Waals surface area contributed by atoms with Gasteiger partial charge in [0.1, 0.15) is 0 Å². The molecule has 0 bridgehead atoms. The molecule has 1 heteroatoms. The number of rotatable bonds is 5. The summed E-state index contributed by atoms with van der Waals surface area (Å²) >= 11 is 0. The Morgan fingerprint density at radius 3 is 2.65 bits per heavy atom. The van der Waals surface area contributed by atoms with Crippen molar-refractivity contribution in [1.29, 1.82) is 0 Å². The first-order valence-electron chi connectivity index (χ1n) is 7.07. The van der Waals surface area contributed by atoms with E-state index in [4.69, 9.17) is 0 Å². The van der Waals surface area contributed by atoms with Crippen molar-refractivity contribution in [3.05, 3.63) is 35.4 Å². The number of hydrogen-bond acceptors (Lipinski definition) is 1. The van der Waals surface area contributed by atoms with E-state index < -0.39 is 0 Å². The van der Waals surface area contributed by atoms with Crippen molar-refractivity contribution >= 4 is 0 Å². The first-order valence-corrected chi connectivity index (χ1v) is 7.07. The molecule has 1 heterocycles. The molecule has 0 spiro atoms. The molecular weight excluding hydrogens is 206 g/mol. The largest absolute Gasteiger partial charge is 0.303 e. The molecule has 1 aromatic carbocycles. The van der Waals surface area contributed by atoms with Gasteiger partial charge in [0.15, 0.2) is 0 Å². The Bertz CT molecular complexity index is 337. The Balaban J connectivity index is 1.79. The van der Waals surface area contributed by atoms with Crippen molar-refractivity contribution in [3.8, 4) is 0 Å². The van der Waals surface area contributed by atoms with Gasteiger partial charge in [-0.15, -0.1) is 0 Å². The summed E-state index contributed by atoms with van der Waals surface area (Å²) in [5.74, 6) is 0.647. The third-order valence-electron chi connectivity index (χ3n) is 3.76. The van der Waals surface area contributed by atoms with Crippen LogP contribution in [0.15, 0.2) is 24.3 Å². The predicted octanol–water partition coefficient (Wildman–Crippen LogP) is 3.84. The van der Waals surface area contributed by atoms with Crippen LogP contribution in [0.4, 0.5) is 0 Å². The molecule has 1 fully saturated rings. The van der Waals surface area contributed by atoms with Crippen LogP contribution < -0.4 is 0 Å². The Morgan fingerprint density at radius 1 is 1.18 bits per heavy atom. The van der Waals surface area contributed by atoms with Crippen LogP contribution in [0.25, 0.3) is 0 Å². The minimum Gasteiger partial charge on any atom is -0.303 e. The van der Waals surface area contributed by atoms with E-state index in [1.807, 2.05) is 0 Å². The van der Waals surface area contributed by atoms with Crippen molar-refractivity contribution < 1.29 is 0 Å². The highest BCUT2D eigenvalue weighted by Gasteiger charge is 2.10. The van der Waals surface area contributed by atoms with Crippen LogP contribution in [-0.4, -0.2) is 24.5 Å². The molecule has 0 N–H and O–H groups in total. The van der Waals surface area contributed by atoms with Crippen molar-refractivity contribution in [2.75, 3.05) is 19.6 Å². The molecule has 0 aromatic heterocycles. The van der Waals surface area contributed by atoms with E-state index in [0.29, 0.717) is 5.92 Å². The molecule has 0 saturated carbocycles. The Kier molecular flexibility index (Phi) is 4.61. The molecule has 1 saturated heterocycles. The zero-order chi connectivity index (χ0) is 12.1. The second kappa shape index (κ2) is 6.20. The SMILES string of the molecule is CC(C)c1cccc(CCCN2CCCC2)c1. The third kappa shape index (κ3) is 3.85. The summed E-state index contributed by atoms with van der Waals surface area (Å²) in [4.78, 5) is 2.60. The molecule has 0 aliphatic carbocycles. The second-order valence-electron chi connectivity index (χ2n) is 5.55. The summed E-state index contributed by atoms with van der Waals surface area (Å²) in [5, 5.41) is 0. The first kappa shape index (κ1) is 12.6. The van der Waals surface area contributed by atoms with Crippen LogP contribution in [0.2, 0.25) is 0 Å². The van der Waals surface area contributed by atoms with Crippen LogP contribution in [-0.2, 0) is 6.42 Å². The van der Waals surface area contributed by atoms with Gasteiger partial charge in [-0.2, -0.15) is 0 Å². The van der Waals surface area contributed by atoms with E-state index >= 15 is 0 Å². The zero-order valence-electron chi connectivity index (χ0n) is 11.3. The van der Waals surface area contributed by atoms with Gasteiger partial charge >= 0.3 is 0 Å². The molecule has 94 valence electrons. The third-order valence-corrected chi connectivity index (χ3v) is 3.76. The average molecular weight is 231 g/mol. The maximum Gasteiger partial charge on any atom is -0.00156 e. The molecule has 1 aliphatic rings. The van der Waals surface area contributed by atoms with Crippen molar-refractivity contribution in [1.82, 2.24) is 4.90 Å². The number of benzene rings is 1. The highest BCUT2D eigenvalue weighted by atomic mass is 15.1. The average Bonchev–Trinajstić information content (AvgIpc) is 2.82. The molecule has 0 atom stereocenters. The van der Waals surface area contributed by atoms with Crippen LogP contribution in [0.3, 0.4) is 0 Å². The van der Waals surface area contributed by atoms with Crippen LogP contribution in [0.5, 0.6) is 0 Å². The molecule has 17 heavy (non-hydrogen) atoms. The van der Waals surface area contributed by atoms with E-state index in [9.17, 15) is 0 Å². The second-order valence-corrected chi connectivity index (χ2v) is 5.55. The minimum atomic E-state index is 0.647. The van der Waals surface area contributed by atoms with E-state index in [0.717, 1.165) is 0 Å². The molecule has 1 nitrogen and oxygen atoms in total. The quantitative estimate of drug-likeness (QED) is 0.744. The van der Waals surface area contributed by atoms with E-state index in [1.54, 1.807) is 0 Å². The Morgan fingerprint density at radius 2 is 1.94 bits per heavy atom. The zero-order valence-corrected chi connectivity index (χ0v) is 11.3. The smallest absolute Gasteiger partial charge is 0.00156 e. The highest BCUT2D eigenvalue weighted by Crippen LogP contribution is 2.17. The number of aryl methyl sites for hydroxylation is 1. The molecule has 0 amide bonds. The lowest BCUT2D eigenvalue weighted by Crippen LogP contribution is -2.20. The molecule has 0 radical (unpaired) electrons. The number of nitrogens with zero attached hydrogens (tertiary/aromatic N) is 1. The topological polar surface area (TPSA) is 3.24 Å². The van der Waals surface area contributed by atoms with Crippen molar-refractivity contribution in [2.24, 2.45) is 0 Å². The molecular formula is C16H25N. The summed E-state index contributed by atoms with van der Waals surface area (Å²) in [6.07, 6.45) is 5.35. The lowest BCUT2D eigenvalue weighted by Gasteiger charge is -2.14. The van der Waals surface area contributed by atoms with Gasteiger partial charge < -0.3 is 4.90 Å². The van der Waals surface area contributed by atoms with Gasteiger partial charge in [0.05, 0.1) is 0 Å². The lowest BCUT2D eigenvalue weighted by atomic mass is 9.99. The molecule has 1 aliphatic heterocycles. The monoisotopic (exact) mass is 231 g/mol. The fourth-order valence-electron chi connectivity index (χ4n) is 2.62. The molecule has 0 unspecified atom stereocenters. The van der Waals surface area contributed by atoms with Crippen LogP contribution >= 0.6 is 0 Å². The molecule has 2 rings (SSSR count). The van der Waals surface area contributed by atoms with Gasteiger partial charge in [0, 0.05) is 0 Å². The first-order chi connectivity index (χ1) is 8.25. The standard InChI is InChI=1S/C16H25N/c1-14(2)16-9-5-7-15(13-16)8-6-12-17-10-3-4-11-17/h5,7,9,13-14H,3-4,6,8,10-12H2,1-2H3. The fraction of sp³-hybridized carbons (Fsp3) is 0.625. The van der Waals surface area contributed by atoms with Gasteiger partial charge in [0.25, 0.3) is 0 Å². The van der Waals surface area contributed by atoms with Gasteiger partial charge in [0.2, 0.25) is 0 Å². The summed E-state index contributed by atoms with van der Waals surface area (Å²) in [6, 6.07) is 9.11. The van der Waals surface area contributed by atoms with Gasteiger partial charge in [-0.1, -0.05) is 38.1 Å². The van der Waals surface area contributed by atoms with Crippen molar-refractivity contribution in [3.63, 3.8) is 0 Å². The van der Waals surface area contributed by atoms with Gasteiger partial charge in [-0.05, 0) is 62.4 Å². The normalized spacial score (nSPS) is 16.9. The summed E-state index contributed by atoms with van der Waals surface area (Å²) in [7, 11) is 0. The highest BCUT2D eigenvalue weighted by molar-refractivity contribution is 5.25. The Hall–Kier alpha value is -0.820. The number of hydrogen-bond donors (Lipinski definition) is 0. The Labute approximate surface area is 106 Å². The summed E-state index contributed by atoms with van der Waals surface area (Å²) in [6.45, 7) is 8.47. The summed E-state index contributed by atoms with van der Waals surface area (Å²) < 4.78 is 0. The maximum absolute atomic E-state index is 2.60. The lowest BCUT2D eigenvalue weighted by molar-refractivity contribution is 0.334. The fourth-order valence-corrected chi connectivity index (χ4v) is 2.62. The van der Waals surface area contributed by atoms with Crippen LogP contribution in [0.1, 0.15) is 50.2 Å². The van der Waals surface area contributed by atoms with E-state index in [-0.39, 0.29) is 0 Å². The maximum atomic E-state index is 2.60. The van der Waals surface area contributed by atoms with Crippen LogP contribution in [0, 0.1) is 0 Å².